The van der Waals surface area contributed by atoms with Gasteiger partial charge in [0, 0.05) is 28.6 Å². The summed E-state index contributed by atoms with van der Waals surface area (Å²) in [4.78, 5) is 28.7. The monoisotopic (exact) mass is 490 g/mol. The highest BCUT2D eigenvalue weighted by molar-refractivity contribution is 6.47. The molecule has 0 bridgehead atoms. The number of nitrogens with one attached hydrogen (secondary N) is 1. The first-order valence-corrected chi connectivity index (χ1v) is 11.6. The molecular formula is C25H28Cl2N2O4. The van der Waals surface area contributed by atoms with Gasteiger partial charge in [0.25, 0.3) is 5.91 Å². The minimum Gasteiger partial charge on any atom is -0.872 e. The average Bonchev–Trinajstić information content (AvgIpc) is 2.98. The van der Waals surface area contributed by atoms with E-state index in [1.807, 2.05) is 27.9 Å². The normalized spacial score (nSPS) is 17.9. The quantitative estimate of drug-likeness (QED) is 0.350. The zero-order chi connectivity index (χ0) is 24.3. The summed E-state index contributed by atoms with van der Waals surface area (Å²) in [5.41, 5.74) is 0.705. The predicted octanol–water partition coefficient (Wildman–Crippen LogP) is 2.54. The summed E-state index contributed by atoms with van der Waals surface area (Å²) in [7, 11) is 4.02. The Hall–Kier alpha value is -2.54. The van der Waals surface area contributed by atoms with E-state index in [4.69, 9.17) is 27.9 Å². The van der Waals surface area contributed by atoms with E-state index < -0.39 is 23.5 Å². The molecule has 0 saturated carbocycles. The van der Waals surface area contributed by atoms with E-state index in [0.29, 0.717) is 39.9 Å². The molecule has 1 aliphatic heterocycles. The van der Waals surface area contributed by atoms with Gasteiger partial charge in [0.2, 0.25) is 5.78 Å². The lowest BCUT2D eigenvalue weighted by Gasteiger charge is -2.28. The fourth-order valence-corrected chi connectivity index (χ4v) is 4.37. The van der Waals surface area contributed by atoms with Crippen LogP contribution in [0.5, 0.6) is 5.75 Å². The third-order valence-electron chi connectivity index (χ3n) is 5.35. The molecule has 1 saturated heterocycles. The third-order valence-corrected chi connectivity index (χ3v) is 5.91. The maximum Gasteiger partial charge on any atom is 0.295 e. The van der Waals surface area contributed by atoms with Gasteiger partial charge >= 0.3 is 0 Å². The first kappa shape index (κ1) is 25.1. The van der Waals surface area contributed by atoms with Gasteiger partial charge in [-0.25, -0.2) is 0 Å². The maximum absolute atomic E-state index is 13.5. The second kappa shape index (κ2) is 10.6. The van der Waals surface area contributed by atoms with Crippen molar-refractivity contribution < 1.29 is 24.3 Å². The molecule has 1 atom stereocenters. The molecule has 1 fully saturated rings. The van der Waals surface area contributed by atoms with Crippen LogP contribution in [0.2, 0.25) is 10.0 Å². The summed E-state index contributed by atoms with van der Waals surface area (Å²) in [5.74, 6) is -1.37. The van der Waals surface area contributed by atoms with Crippen molar-refractivity contribution in [2.75, 3.05) is 27.2 Å². The van der Waals surface area contributed by atoms with Gasteiger partial charge < -0.3 is 19.6 Å². The van der Waals surface area contributed by atoms with Crippen molar-refractivity contribution in [3.63, 3.8) is 0 Å². The number of ketones is 1. The van der Waals surface area contributed by atoms with E-state index in [1.54, 1.807) is 42.5 Å². The van der Waals surface area contributed by atoms with Gasteiger partial charge in [-0.3, -0.25) is 9.59 Å². The van der Waals surface area contributed by atoms with Gasteiger partial charge in [-0.15, -0.1) is 0 Å². The number of halogens is 2. The molecule has 3 rings (SSSR count). The Kier molecular flexibility index (Phi) is 8.05. The zero-order valence-electron chi connectivity index (χ0n) is 19.2. The number of hydrogen-bond donors (Lipinski definition) is 1. The van der Waals surface area contributed by atoms with Crippen LogP contribution in [0, 0.1) is 0 Å². The van der Waals surface area contributed by atoms with Crippen LogP contribution in [-0.4, -0.2) is 49.9 Å². The second-order valence-electron chi connectivity index (χ2n) is 8.64. The second-order valence-corrected chi connectivity index (χ2v) is 9.48. The fourth-order valence-electron chi connectivity index (χ4n) is 3.86. The van der Waals surface area contributed by atoms with Crippen molar-refractivity contribution in [2.45, 2.75) is 32.4 Å². The number of hydrogen-bond acceptors (Lipinski definition) is 4. The molecule has 1 N–H and O–H groups in total. The average molecular weight is 491 g/mol. The summed E-state index contributed by atoms with van der Waals surface area (Å²) in [6, 6.07) is 10.5. The molecule has 176 valence electrons. The van der Waals surface area contributed by atoms with Crippen molar-refractivity contribution in [2.24, 2.45) is 0 Å². The Balaban J connectivity index is 2.08. The molecule has 1 unspecified atom stereocenters. The third kappa shape index (κ3) is 5.69. The number of ether oxygens (including phenoxy) is 1. The molecule has 0 radical (unpaired) electrons. The summed E-state index contributed by atoms with van der Waals surface area (Å²) in [5, 5.41) is 14.2. The molecule has 1 heterocycles. The van der Waals surface area contributed by atoms with Gasteiger partial charge in [-0.2, -0.15) is 0 Å². The van der Waals surface area contributed by atoms with E-state index in [2.05, 4.69) is 0 Å². The summed E-state index contributed by atoms with van der Waals surface area (Å²) in [6.45, 7) is 4.95. The molecule has 33 heavy (non-hydrogen) atoms. The number of benzene rings is 2. The van der Waals surface area contributed by atoms with Crippen molar-refractivity contribution >= 4 is 40.7 Å². The van der Waals surface area contributed by atoms with E-state index >= 15 is 0 Å². The molecule has 2 aromatic rings. The number of likely N-dealkylation sites (tertiary alicyclic amines) is 1. The van der Waals surface area contributed by atoms with E-state index in [9.17, 15) is 14.7 Å². The molecule has 1 amide bonds. The van der Waals surface area contributed by atoms with Crippen LogP contribution in [0.15, 0.2) is 48.0 Å². The summed E-state index contributed by atoms with van der Waals surface area (Å²) < 4.78 is 5.63. The molecule has 0 aliphatic carbocycles. The Labute approximate surface area is 204 Å². The van der Waals surface area contributed by atoms with Gasteiger partial charge in [0.15, 0.2) is 0 Å². The van der Waals surface area contributed by atoms with Crippen LogP contribution in [0.1, 0.15) is 37.4 Å². The summed E-state index contributed by atoms with van der Waals surface area (Å²) in [6.07, 6.45) is 0.662. The molecule has 0 spiro atoms. The number of carbonyl (C=O) groups is 2. The topological polar surface area (TPSA) is 74.1 Å². The Bertz CT molecular complexity index is 1060. The van der Waals surface area contributed by atoms with E-state index in [-0.39, 0.29) is 11.7 Å². The first-order valence-electron chi connectivity index (χ1n) is 10.9. The fraction of sp³-hybridized carbons (Fsp3) is 0.360. The Morgan fingerprint density at radius 1 is 1.12 bits per heavy atom. The Morgan fingerprint density at radius 3 is 2.36 bits per heavy atom. The molecule has 6 nitrogen and oxygen atoms in total. The molecular weight excluding hydrogens is 463 g/mol. The molecule has 1 aliphatic rings. The molecule has 8 heteroatoms. The highest BCUT2D eigenvalue weighted by Gasteiger charge is 2.44. The first-order chi connectivity index (χ1) is 15.6. The number of rotatable bonds is 8. The minimum atomic E-state index is -0.869. The lowest BCUT2D eigenvalue weighted by molar-refractivity contribution is -0.858. The van der Waals surface area contributed by atoms with E-state index in [0.717, 1.165) is 6.54 Å². The van der Waals surface area contributed by atoms with Crippen molar-refractivity contribution in [1.82, 2.24) is 4.90 Å². The standard InChI is InChI=1S/C25H28Cl2N2O4/c1-15(2)33-18-9-6-16(7-10-18)23(30)21-22(19-11-8-17(26)14-20(19)27)29(25(32)24(21)31)13-5-12-28(3)4/h6-11,14-15,22,30H,5,12-13H2,1-4H3. The SMILES string of the molecule is CC(C)Oc1ccc(C([O-])=C2C(=O)C(=O)N(CCC[NH+](C)C)C2c2ccc(Cl)cc2Cl)cc1. The smallest absolute Gasteiger partial charge is 0.295 e. The van der Waals surface area contributed by atoms with Crippen molar-refractivity contribution in [3.05, 3.63) is 69.2 Å². The van der Waals surface area contributed by atoms with Gasteiger partial charge in [-0.1, -0.05) is 47.2 Å². The zero-order valence-corrected chi connectivity index (χ0v) is 20.7. The number of nitrogens with zero attached hydrogens (tertiary/aromatic N) is 1. The van der Waals surface area contributed by atoms with Crippen molar-refractivity contribution in [1.29, 1.82) is 0 Å². The van der Waals surface area contributed by atoms with E-state index in [1.165, 1.54) is 9.80 Å². The minimum absolute atomic E-state index is 0.0102. The number of carbonyl (C=O) groups excluding carboxylic acids is 2. The lowest BCUT2D eigenvalue weighted by atomic mass is 9.95. The predicted molar refractivity (Wildman–Crippen MR) is 127 cm³/mol. The largest absolute Gasteiger partial charge is 0.872 e. The molecule has 2 aromatic carbocycles. The van der Waals surface area contributed by atoms with Crippen LogP contribution >= 0.6 is 23.2 Å². The van der Waals surface area contributed by atoms with Crippen LogP contribution in [0.25, 0.3) is 5.76 Å². The van der Waals surface area contributed by atoms with Crippen LogP contribution < -0.4 is 14.7 Å². The van der Waals surface area contributed by atoms with Crippen LogP contribution in [-0.2, 0) is 9.59 Å². The van der Waals surface area contributed by atoms with Crippen molar-refractivity contribution in [3.8, 4) is 5.75 Å². The molecule has 0 aromatic heterocycles. The Morgan fingerprint density at radius 2 is 1.79 bits per heavy atom. The number of quaternary nitrogens is 1. The highest BCUT2D eigenvalue weighted by atomic mass is 35.5. The lowest BCUT2D eigenvalue weighted by Crippen LogP contribution is -3.05. The number of amides is 1. The van der Waals surface area contributed by atoms with Gasteiger partial charge in [0.1, 0.15) is 5.75 Å². The van der Waals surface area contributed by atoms with Gasteiger partial charge in [0.05, 0.1) is 32.8 Å². The van der Waals surface area contributed by atoms with Gasteiger partial charge in [-0.05, 0) is 49.2 Å². The highest BCUT2D eigenvalue weighted by Crippen LogP contribution is 2.42. The number of Topliss-reactive ketones (excluding diaryl/α,β-unsaturated/α-hetero) is 1. The van der Waals surface area contributed by atoms with Crippen LogP contribution in [0.3, 0.4) is 0 Å². The maximum atomic E-state index is 13.5. The van der Waals surface area contributed by atoms with Crippen LogP contribution in [0.4, 0.5) is 0 Å². The summed E-state index contributed by atoms with van der Waals surface area (Å²) >= 11 is 12.5.